The molecule has 1 aliphatic carbocycles. The van der Waals surface area contributed by atoms with Crippen molar-refractivity contribution in [2.45, 2.75) is 38.6 Å². The number of halogens is 2. The summed E-state index contributed by atoms with van der Waals surface area (Å²) in [5, 5.41) is 3.47. The van der Waals surface area contributed by atoms with Gasteiger partial charge in [-0.05, 0) is 42.0 Å². The molecular weight excluding hydrogens is 281 g/mol. The van der Waals surface area contributed by atoms with Crippen molar-refractivity contribution in [1.29, 1.82) is 0 Å². The second kappa shape index (κ2) is 4.69. The molecule has 2 rings (SSSR count). The molecule has 94 valence electrons. The average molecular weight is 300 g/mol. The van der Waals surface area contributed by atoms with Crippen molar-refractivity contribution in [3.8, 4) is 0 Å². The third kappa shape index (κ3) is 2.71. The van der Waals surface area contributed by atoms with Crippen LogP contribution in [0.4, 0.5) is 4.39 Å². The van der Waals surface area contributed by atoms with Crippen LogP contribution in [0.25, 0.3) is 0 Å². The van der Waals surface area contributed by atoms with Crippen molar-refractivity contribution >= 4 is 15.9 Å². The van der Waals surface area contributed by atoms with E-state index < -0.39 is 0 Å². The summed E-state index contributed by atoms with van der Waals surface area (Å²) in [5.74, 6) is 0.480. The van der Waals surface area contributed by atoms with Gasteiger partial charge >= 0.3 is 0 Å². The lowest BCUT2D eigenvalue weighted by atomic mass is 9.95. The topological polar surface area (TPSA) is 12.0 Å². The molecule has 0 saturated heterocycles. The standard InChI is InChI=1S/C14H19BrFN/c1-9(2)17-8-10-7-14(10,3)12-5-4-11(16)6-13(12)15/h4-6,9-10,17H,7-8H2,1-3H3. The Labute approximate surface area is 111 Å². The minimum absolute atomic E-state index is 0.179. The molecule has 0 bridgehead atoms. The molecule has 0 aliphatic heterocycles. The van der Waals surface area contributed by atoms with E-state index in [0.717, 1.165) is 11.0 Å². The minimum Gasteiger partial charge on any atom is -0.314 e. The Morgan fingerprint density at radius 2 is 2.24 bits per heavy atom. The van der Waals surface area contributed by atoms with E-state index in [4.69, 9.17) is 0 Å². The van der Waals surface area contributed by atoms with Crippen molar-refractivity contribution in [2.75, 3.05) is 6.54 Å². The van der Waals surface area contributed by atoms with Gasteiger partial charge in [-0.25, -0.2) is 4.39 Å². The molecule has 3 heteroatoms. The zero-order valence-electron chi connectivity index (χ0n) is 10.6. The highest BCUT2D eigenvalue weighted by Crippen LogP contribution is 2.55. The van der Waals surface area contributed by atoms with Crippen LogP contribution in [-0.2, 0) is 5.41 Å². The second-order valence-corrected chi connectivity index (χ2v) is 6.36. The first-order chi connectivity index (χ1) is 7.93. The first-order valence-electron chi connectivity index (χ1n) is 6.12. The zero-order chi connectivity index (χ0) is 12.6. The van der Waals surface area contributed by atoms with Gasteiger partial charge in [-0.2, -0.15) is 0 Å². The summed E-state index contributed by atoms with van der Waals surface area (Å²) in [6.07, 6.45) is 1.18. The third-order valence-corrected chi connectivity index (χ3v) is 4.39. The summed E-state index contributed by atoms with van der Waals surface area (Å²) in [6, 6.07) is 5.55. The summed E-state index contributed by atoms with van der Waals surface area (Å²) >= 11 is 3.47. The van der Waals surface area contributed by atoms with E-state index in [1.54, 1.807) is 12.1 Å². The maximum absolute atomic E-state index is 13.1. The Hall–Kier alpha value is -0.410. The maximum Gasteiger partial charge on any atom is 0.124 e. The van der Waals surface area contributed by atoms with Gasteiger partial charge in [0.15, 0.2) is 0 Å². The number of benzene rings is 1. The predicted molar refractivity (Wildman–Crippen MR) is 72.7 cm³/mol. The normalized spacial score (nSPS) is 27.5. The Kier molecular flexibility index (Phi) is 3.60. The maximum atomic E-state index is 13.1. The van der Waals surface area contributed by atoms with Gasteiger partial charge in [0.1, 0.15) is 5.82 Å². The van der Waals surface area contributed by atoms with Gasteiger partial charge in [0, 0.05) is 10.5 Å². The molecule has 1 saturated carbocycles. The molecule has 2 atom stereocenters. The molecule has 1 N–H and O–H groups in total. The highest BCUT2D eigenvalue weighted by molar-refractivity contribution is 9.10. The highest BCUT2D eigenvalue weighted by Gasteiger charge is 2.51. The Morgan fingerprint density at radius 1 is 1.53 bits per heavy atom. The third-order valence-electron chi connectivity index (χ3n) is 3.73. The molecule has 0 amide bonds. The summed E-state index contributed by atoms with van der Waals surface area (Å²) in [4.78, 5) is 0. The first-order valence-corrected chi connectivity index (χ1v) is 6.91. The van der Waals surface area contributed by atoms with E-state index in [2.05, 4.69) is 42.0 Å². The van der Waals surface area contributed by atoms with E-state index in [1.165, 1.54) is 12.0 Å². The Bertz CT molecular complexity index is 419. The lowest BCUT2D eigenvalue weighted by Crippen LogP contribution is -2.26. The van der Waals surface area contributed by atoms with Crippen molar-refractivity contribution in [3.05, 3.63) is 34.1 Å². The molecule has 0 aromatic heterocycles. The van der Waals surface area contributed by atoms with E-state index in [9.17, 15) is 4.39 Å². The smallest absolute Gasteiger partial charge is 0.124 e. The van der Waals surface area contributed by atoms with Crippen LogP contribution in [0.2, 0.25) is 0 Å². The fourth-order valence-corrected chi connectivity index (χ4v) is 3.21. The lowest BCUT2D eigenvalue weighted by Gasteiger charge is -2.15. The molecule has 1 aromatic rings. The van der Waals surface area contributed by atoms with Crippen LogP contribution in [0.1, 0.15) is 32.8 Å². The van der Waals surface area contributed by atoms with Gasteiger partial charge in [0.25, 0.3) is 0 Å². The van der Waals surface area contributed by atoms with E-state index in [0.29, 0.717) is 12.0 Å². The van der Waals surface area contributed by atoms with Crippen LogP contribution in [0.3, 0.4) is 0 Å². The molecule has 17 heavy (non-hydrogen) atoms. The Morgan fingerprint density at radius 3 is 2.82 bits per heavy atom. The van der Waals surface area contributed by atoms with E-state index >= 15 is 0 Å². The van der Waals surface area contributed by atoms with Gasteiger partial charge in [-0.3, -0.25) is 0 Å². The number of nitrogens with one attached hydrogen (secondary N) is 1. The predicted octanol–water partition coefficient (Wildman–Crippen LogP) is 3.86. The molecule has 1 aromatic carbocycles. The molecule has 0 spiro atoms. The summed E-state index contributed by atoms with van der Waals surface area (Å²) in [5.41, 5.74) is 1.43. The van der Waals surface area contributed by atoms with Crippen LogP contribution < -0.4 is 5.32 Å². The second-order valence-electron chi connectivity index (χ2n) is 5.51. The Balaban J connectivity index is 2.08. The largest absolute Gasteiger partial charge is 0.314 e. The lowest BCUT2D eigenvalue weighted by molar-refractivity contribution is 0.527. The molecule has 1 fully saturated rings. The van der Waals surface area contributed by atoms with Crippen LogP contribution >= 0.6 is 15.9 Å². The van der Waals surface area contributed by atoms with Gasteiger partial charge in [0.2, 0.25) is 0 Å². The van der Waals surface area contributed by atoms with E-state index in [-0.39, 0.29) is 11.2 Å². The monoisotopic (exact) mass is 299 g/mol. The van der Waals surface area contributed by atoms with Crippen molar-refractivity contribution < 1.29 is 4.39 Å². The van der Waals surface area contributed by atoms with E-state index in [1.807, 2.05) is 6.07 Å². The molecule has 1 aliphatic rings. The van der Waals surface area contributed by atoms with Gasteiger partial charge in [-0.1, -0.05) is 42.8 Å². The van der Waals surface area contributed by atoms with Crippen LogP contribution in [0.15, 0.2) is 22.7 Å². The summed E-state index contributed by atoms with van der Waals surface area (Å²) in [6.45, 7) is 7.62. The fraction of sp³-hybridized carbons (Fsp3) is 0.571. The van der Waals surface area contributed by atoms with Crippen molar-refractivity contribution in [3.63, 3.8) is 0 Å². The van der Waals surface area contributed by atoms with Gasteiger partial charge in [0.05, 0.1) is 0 Å². The van der Waals surface area contributed by atoms with Crippen molar-refractivity contribution in [2.24, 2.45) is 5.92 Å². The zero-order valence-corrected chi connectivity index (χ0v) is 12.1. The minimum atomic E-state index is -0.179. The average Bonchev–Trinajstić information content (AvgIpc) is 2.87. The quantitative estimate of drug-likeness (QED) is 0.890. The van der Waals surface area contributed by atoms with Crippen molar-refractivity contribution in [1.82, 2.24) is 5.32 Å². The van der Waals surface area contributed by atoms with Gasteiger partial charge < -0.3 is 5.32 Å². The highest BCUT2D eigenvalue weighted by atomic mass is 79.9. The number of hydrogen-bond acceptors (Lipinski definition) is 1. The van der Waals surface area contributed by atoms with Gasteiger partial charge in [-0.15, -0.1) is 0 Å². The van der Waals surface area contributed by atoms with Crippen LogP contribution in [0, 0.1) is 11.7 Å². The SMILES string of the molecule is CC(C)NCC1CC1(C)c1ccc(F)cc1Br. The molecular formula is C14H19BrFN. The molecule has 0 radical (unpaired) electrons. The van der Waals surface area contributed by atoms with Crippen LogP contribution in [-0.4, -0.2) is 12.6 Å². The summed E-state index contributed by atoms with van der Waals surface area (Å²) in [7, 11) is 0. The molecule has 0 heterocycles. The fourth-order valence-electron chi connectivity index (χ4n) is 2.41. The molecule has 2 unspecified atom stereocenters. The van der Waals surface area contributed by atoms with Crippen LogP contribution in [0.5, 0.6) is 0 Å². The molecule has 1 nitrogen and oxygen atoms in total. The number of hydrogen-bond donors (Lipinski definition) is 1. The number of rotatable bonds is 4. The summed E-state index contributed by atoms with van der Waals surface area (Å²) < 4.78 is 14.0. The first kappa shape index (κ1) is 13.0.